The Labute approximate surface area is 133 Å². The van der Waals surface area contributed by atoms with Crippen LogP contribution in [0.15, 0.2) is 24.3 Å². The highest BCUT2D eigenvalue weighted by atomic mass is 16.5. The fraction of sp³-hybridized carbons (Fsp3) is 0.632. The number of carbonyl (C=O) groups excluding carboxylic acids is 1. The van der Waals surface area contributed by atoms with Crippen LogP contribution in [-0.2, 0) is 4.79 Å². The van der Waals surface area contributed by atoms with Crippen molar-refractivity contribution in [2.75, 3.05) is 0 Å². The average Bonchev–Trinajstić information content (AvgIpc) is 3.10. The molecule has 0 heterocycles. The maximum absolute atomic E-state index is 12.4. The normalized spacial score (nSPS) is 27.9. The molecule has 0 aromatic heterocycles. The zero-order chi connectivity index (χ0) is 15.7. The molecule has 3 rings (SSSR count). The summed E-state index contributed by atoms with van der Waals surface area (Å²) in [6.07, 6.45) is 4.65. The summed E-state index contributed by atoms with van der Waals surface area (Å²) < 4.78 is 5.95. The van der Waals surface area contributed by atoms with E-state index in [1.807, 2.05) is 25.1 Å². The van der Waals surface area contributed by atoms with Crippen LogP contribution in [0, 0.1) is 11.8 Å². The average molecular weight is 301 g/mol. The van der Waals surface area contributed by atoms with Gasteiger partial charge in [-0.2, -0.15) is 0 Å². The van der Waals surface area contributed by atoms with Crippen LogP contribution in [0.1, 0.15) is 57.9 Å². The zero-order valence-corrected chi connectivity index (χ0v) is 13.8. The Kier molecular flexibility index (Phi) is 4.42. The predicted octanol–water partition coefficient (Wildman–Crippen LogP) is 3.88. The van der Waals surface area contributed by atoms with Gasteiger partial charge < -0.3 is 10.1 Å². The molecule has 120 valence electrons. The van der Waals surface area contributed by atoms with Gasteiger partial charge in [0, 0.05) is 6.04 Å². The Morgan fingerprint density at radius 1 is 1.18 bits per heavy atom. The van der Waals surface area contributed by atoms with E-state index >= 15 is 0 Å². The van der Waals surface area contributed by atoms with Crippen molar-refractivity contribution in [2.24, 2.45) is 11.8 Å². The van der Waals surface area contributed by atoms with Crippen LogP contribution < -0.4 is 10.1 Å². The lowest BCUT2D eigenvalue weighted by Gasteiger charge is -2.25. The van der Waals surface area contributed by atoms with E-state index < -0.39 is 6.10 Å². The zero-order valence-electron chi connectivity index (χ0n) is 13.8. The molecule has 0 radical (unpaired) electrons. The van der Waals surface area contributed by atoms with Gasteiger partial charge in [-0.3, -0.25) is 4.79 Å². The second-order valence-electron chi connectivity index (χ2n) is 7.24. The molecule has 0 aliphatic heterocycles. The SMILES string of the molecule is CC(C)c1ccccc1O[C@@H](C)C(=O)N[C@@H]1C[C@@H]2CC[C@@H]1C2. The summed E-state index contributed by atoms with van der Waals surface area (Å²) in [5, 5.41) is 3.22. The number of ether oxygens (including phenoxy) is 1. The molecule has 1 N–H and O–H groups in total. The first kappa shape index (κ1) is 15.4. The lowest BCUT2D eigenvalue weighted by Crippen LogP contribution is -2.44. The molecule has 2 aliphatic carbocycles. The molecule has 4 atom stereocenters. The Morgan fingerprint density at radius 3 is 2.59 bits per heavy atom. The summed E-state index contributed by atoms with van der Waals surface area (Å²) in [5.74, 6) is 2.78. The molecule has 0 saturated heterocycles. The van der Waals surface area contributed by atoms with Crippen molar-refractivity contribution >= 4 is 5.91 Å². The minimum atomic E-state index is -0.445. The van der Waals surface area contributed by atoms with E-state index in [1.165, 1.54) is 19.3 Å². The van der Waals surface area contributed by atoms with E-state index in [0.717, 1.165) is 23.7 Å². The monoisotopic (exact) mass is 301 g/mol. The quantitative estimate of drug-likeness (QED) is 0.896. The van der Waals surface area contributed by atoms with E-state index in [4.69, 9.17) is 4.74 Å². The Hall–Kier alpha value is -1.51. The number of hydrogen-bond acceptors (Lipinski definition) is 2. The smallest absolute Gasteiger partial charge is 0.261 e. The van der Waals surface area contributed by atoms with E-state index in [2.05, 4.69) is 25.2 Å². The van der Waals surface area contributed by atoms with Gasteiger partial charge in [-0.05, 0) is 55.6 Å². The molecular weight excluding hydrogens is 274 g/mol. The summed E-state index contributed by atoms with van der Waals surface area (Å²) >= 11 is 0. The van der Waals surface area contributed by atoms with Crippen molar-refractivity contribution in [3.05, 3.63) is 29.8 Å². The van der Waals surface area contributed by atoms with Gasteiger partial charge in [0.05, 0.1) is 0 Å². The second-order valence-corrected chi connectivity index (χ2v) is 7.24. The summed E-state index contributed by atoms with van der Waals surface area (Å²) in [4.78, 5) is 12.4. The summed E-state index contributed by atoms with van der Waals surface area (Å²) in [7, 11) is 0. The second kappa shape index (κ2) is 6.31. The van der Waals surface area contributed by atoms with Crippen LogP contribution in [0.5, 0.6) is 5.75 Å². The van der Waals surface area contributed by atoms with Crippen molar-refractivity contribution in [1.82, 2.24) is 5.32 Å². The van der Waals surface area contributed by atoms with Gasteiger partial charge in [0.15, 0.2) is 6.10 Å². The highest BCUT2D eigenvalue weighted by Gasteiger charge is 2.40. The number of amides is 1. The maximum Gasteiger partial charge on any atom is 0.261 e. The number of carbonyl (C=O) groups is 1. The largest absolute Gasteiger partial charge is 0.481 e. The van der Waals surface area contributed by atoms with Crippen molar-refractivity contribution < 1.29 is 9.53 Å². The van der Waals surface area contributed by atoms with Gasteiger partial charge in [-0.25, -0.2) is 0 Å². The highest BCUT2D eigenvalue weighted by molar-refractivity contribution is 5.81. The molecule has 2 bridgehead atoms. The van der Waals surface area contributed by atoms with E-state index in [0.29, 0.717) is 17.9 Å². The van der Waals surface area contributed by atoms with E-state index in [1.54, 1.807) is 0 Å². The van der Waals surface area contributed by atoms with Gasteiger partial charge in [-0.1, -0.05) is 38.5 Å². The summed E-state index contributed by atoms with van der Waals surface area (Å²) in [6, 6.07) is 8.37. The first-order chi connectivity index (χ1) is 10.5. The number of benzene rings is 1. The predicted molar refractivity (Wildman–Crippen MR) is 88.0 cm³/mol. The molecule has 2 aliphatic rings. The Bertz CT molecular complexity index is 540. The van der Waals surface area contributed by atoms with Crippen LogP contribution in [0.25, 0.3) is 0 Å². The molecule has 0 unspecified atom stereocenters. The van der Waals surface area contributed by atoms with Crippen molar-refractivity contribution in [2.45, 2.75) is 64.5 Å². The molecule has 3 heteroatoms. The molecule has 1 amide bonds. The van der Waals surface area contributed by atoms with E-state index in [-0.39, 0.29) is 5.91 Å². The third-order valence-electron chi connectivity index (χ3n) is 5.28. The molecule has 0 spiro atoms. The van der Waals surface area contributed by atoms with Crippen LogP contribution in [0.3, 0.4) is 0 Å². The van der Waals surface area contributed by atoms with Crippen LogP contribution >= 0.6 is 0 Å². The molecular formula is C19H27NO2. The Balaban J connectivity index is 1.60. The third-order valence-corrected chi connectivity index (χ3v) is 5.28. The van der Waals surface area contributed by atoms with Gasteiger partial charge in [0.25, 0.3) is 5.91 Å². The number of para-hydroxylation sites is 1. The topological polar surface area (TPSA) is 38.3 Å². The minimum absolute atomic E-state index is 0.0242. The Morgan fingerprint density at radius 2 is 1.95 bits per heavy atom. The third kappa shape index (κ3) is 3.13. The van der Waals surface area contributed by atoms with Crippen molar-refractivity contribution in [3.8, 4) is 5.75 Å². The van der Waals surface area contributed by atoms with Gasteiger partial charge in [-0.15, -0.1) is 0 Å². The summed E-state index contributed by atoms with van der Waals surface area (Å²) in [6.45, 7) is 6.13. The van der Waals surface area contributed by atoms with Gasteiger partial charge in [0.2, 0.25) is 0 Å². The number of rotatable bonds is 5. The van der Waals surface area contributed by atoms with Crippen LogP contribution in [-0.4, -0.2) is 18.1 Å². The van der Waals surface area contributed by atoms with Gasteiger partial charge >= 0.3 is 0 Å². The molecule has 3 nitrogen and oxygen atoms in total. The number of fused-ring (bicyclic) bond motifs is 2. The highest BCUT2D eigenvalue weighted by Crippen LogP contribution is 2.44. The minimum Gasteiger partial charge on any atom is -0.481 e. The maximum atomic E-state index is 12.4. The number of nitrogens with one attached hydrogen (secondary N) is 1. The fourth-order valence-electron chi connectivity index (χ4n) is 4.03. The lowest BCUT2D eigenvalue weighted by atomic mass is 9.95. The van der Waals surface area contributed by atoms with Crippen LogP contribution in [0.4, 0.5) is 0 Å². The van der Waals surface area contributed by atoms with Crippen LogP contribution in [0.2, 0.25) is 0 Å². The van der Waals surface area contributed by atoms with Crippen molar-refractivity contribution in [3.63, 3.8) is 0 Å². The van der Waals surface area contributed by atoms with Crippen molar-refractivity contribution in [1.29, 1.82) is 0 Å². The molecule has 2 fully saturated rings. The van der Waals surface area contributed by atoms with Gasteiger partial charge in [0.1, 0.15) is 5.75 Å². The molecule has 1 aromatic carbocycles. The molecule has 2 saturated carbocycles. The fourth-order valence-corrected chi connectivity index (χ4v) is 4.03. The first-order valence-corrected chi connectivity index (χ1v) is 8.60. The molecule has 1 aromatic rings. The van der Waals surface area contributed by atoms with E-state index in [9.17, 15) is 4.79 Å². The standard InChI is InChI=1S/C19H27NO2/c1-12(2)16-6-4-5-7-18(16)22-13(3)19(21)20-17-11-14-8-9-15(17)10-14/h4-7,12-15,17H,8-11H2,1-3H3,(H,20,21)/t13-,14+,15+,17+/m0/s1. The molecule has 22 heavy (non-hydrogen) atoms. The summed E-state index contributed by atoms with van der Waals surface area (Å²) in [5.41, 5.74) is 1.15. The number of hydrogen-bond donors (Lipinski definition) is 1. The lowest BCUT2D eigenvalue weighted by molar-refractivity contribution is -0.128. The first-order valence-electron chi connectivity index (χ1n) is 8.60.